The number of nitrogens with one attached hydrogen (secondary N) is 1. The Morgan fingerprint density at radius 1 is 1.15 bits per heavy atom. The van der Waals surface area contributed by atoms with Gasteiger partial charge in [0.05, 0.1) is 12.4 Å². The first-order valence-electron chi connectivity index (χ1n) is 8.52. The second kappa shape index (κ2) is 8.60. The molecule has 0 unspecified atom stereocenters. The Labute approximate surface area is 163 Å². The molecule has 1 amide bonds. The number of nitrogens with zero attached hydrogens (tertiary/aromatic N) is 4. The lowest BCUT2D eigenvalue weighted by atomic mass is 10.2. The summed E-state index contributed by atoms with van der Waals surface area (Å²) in [7, 11) is 1.94. The summed E-state index contributed by atoms with van der Waals surface area (Å²) in [5.41, 5.74) is 3.04. The third kappa shape index (κ3) is 5.01. The maximum atomic E-state index is 12.4. The zero-order valence-electron chi connectivity index (χ0n) is 15.2. The lowest BCUT2D eigenvalue weighted by Gasteiger charge is -2.17. The number of carbonyl (C=O) groups is 1. The summed E-state index contributed by atoms with van der Waals surface area (Å²) in [6.45, 7) is 2.68. The molecule has 0 fully saturated rings. The van der Waals surface area contributed by atoms with Crippen molar-refractivity contribution in [3.8, 4) is 0 Å². The molecule has 7 heteroatoms. The lowest BCUT2D eigenvalue weighted by molar-refractivity contribution is 0.102. The fourth-order valence-corrected chi connectivity index (χ4v) is 2.68. The minimum Gasteiger partial charge on any atom is -0.358 e. The molecule has 0 atom stereocenters. The van der Waals surface area contributed by atoms with Crippen LogP contribution in [-0.2, 0) is 6.42 Å². The lowest BCUT2D eigenvalue weighted by Crippen LogP contribution is -2.22. The first-order valence-corrected chi connectivity index (χ1v) is 8.90. The molecule has 0 radical (unpaired) electrons. The zero-order chi connectivity index (χ0) is 19.2. The Hall–Kier alpha value is -2.99. The summed E-state index contributed by atoms with van der Waals surface area (Å²) in [4.78, 5) is 27.0. The van der Waals surface area contributed by atoms with Crippen LogP contribution in [0, 0.1) is 6.92 Å². The molecule has 0 aliphatic rings. The van der Waals surface area contributed by atoms with E-state index in [2.05, 4.69) is 20.3 Å². The molecular weight excluding hydrogens is 362 g/mol. The highest BCUT2D eigenvalue weighted by atomic mass is 35.5. The van der Waals surface area contributed by atoms with E-state index < -0.39 is 0 Å². The molecule has 1 aromatic carbocycles. The van der Waals surface area contributed by atoms with Crippen LogP contribution in [0.25, 0.3) is 0 Å². The monoisotopic (exact) mass is 381 g/mol. The van der Waals surface area contributed by atoms with Gasteiger partial charge in [-0.3, -0.25) is 9.78 Å². The van der Waals surface area contributed by atoms with Crippen LogP contribution in [0.4, 0.5) is 11.5 Å². The van der Waals surface area contributed by atoms with E-state index in [1.54, 1.807) is 30.7 Å². The van der Waals surface area contributed by atoms with Gasteiger partial charge in [-0.05, 0) is 48.7 Å². The van der Waals surface area contributed by atoms with Gasteiger partial charge in [-0.25, -0.2) is 9.97 Å². The number of benzene rings is 1. The average Bonchev–Trinajstić information content (AvgIpc) is 2.70. The molecule has 2 aromatic heterocycles. The molecule has 6 nitrogen and oxygen atoms in total. The van der Waals surface area contributed by atoms with Crippen molar-refractivity contribution in [2.75, 3.05) is 23.8 Å². The molecule has 1 N–H and O–H groups in total. The fourth-order valence-electron chi connectivity index (χ4n) is 2.51. The predicted molar refractivity (Wildman–Crippen MR) is 107 cm³/mol. The number of amides is 1. The van der Waals surface area contributed by atoms with Crippen LogP contribution in [0.3, 0.4) is 0 Å². The highest BCUT2D eigenvalue weighted by Gasteiger charge is 2.11. The maximum absolute atomic E-state index is 12.4. The van der Waals surface area contributed by atoms with Crippen molar-refractivity contribution in [2.45, 2.75) is 13.3 Å². The summed E-state index contributed by atoms with van der Waals surface area (Å²) in [6.07, 6.45) is 7.52. The number of hydrogen-bond donors (Lipinski definition) is 1. The molecule has 0 saturated carbocycles. The molecule has 0 saturated heterocycles. The van der Waals surface area contributed by atoms with Crippen molar-refractivity contribution in [3.63, 3.8) is 0 Å². The van der Waals surface area contributed by atoms with E-state index in [4.69, 9.17) is 11.6 Å². The molecule has 138 valence electrons. The summed E-state index contributed by atoms with van der Waals surface area (Å²) in [6, 6.07) is 9.33. The van der Waals surface area contributed by atoms with E-state index in [0.717, 1.165) is 18.5 Å². The number of aryl methyl sites for hydroxylation is 1. The Morgan fingerprint density at radius 2 is 1.93 bits per heavy atom. The summed E-state index contributed by atoms with van der Waals surface area (Å²) in [5, 5.41) is 3.38. The quantitative estimate of drug-likeness (QED) is 0.703. The number of hydrogen-bond acceptors (Lipinski definition) is 5. The number of carbonyl (C=O) groups excluding carboxylic acids is 1. The molecule has 0 spiro atoms. The van der Waals surface area contributed by atoms with E-state index in [9.17, 15) is 4.79 Å². The molecule has 0 bridgehead atoms. The Balaban J connectivity index is 1.62. The predicted octanol–water partition coefficient (Wildman–Crippen LogP) is 3.76. The summed E-state index contributed by atoms with van der Waals surface area (Å²) >= 11 is 5.99. The molecule has 0 aliphatic heterocycles. The van der Waals surface area contributed by atoms with Crippen LogP contribution in [0.15, 0.2) is 55.1 Å². The number of anilines is 2. The summed E-state index contributed by atoms with van der Waals surface area (Å²) < 4.78 is 0. The minimum atomic E-state index is -0.321. The number of pyridine rings is 1. The maximum Gasteiger partial charge on any atom is 0.275 e. The van der Waals surface area contributed by atoms with Crippen LogP contribution < -0.4 is 10.2 Å². The number of halogens is 1. The first-order chi connectivity index (χ1) is 13.0. The van der Waals surface area contributed by atoms with Gasteiger partial charge in [-0.1, -0.05) is 17.7 Å². The smallest absolute Gasteiger partial charge is 0.275 e. The van der Waals surface area contributed by atoms with Gasteiger partial charge in [-0.15, -0.1) is 0 Å². The molecule has 2 heterocycles. The second-order valence-electron chi connectivity index (χ2n) is 6.20. The largest absolute Gasteiger partial charge is 0.358 e. The molecule has 0 aliphatic carbocycles. The van der Waals surface area contributed by atoms with Crippen LogP contribution in [0.2, 0.25) is 5.02 Å². The Kier molecular flexibility index (Phi) is 5.98. The van der Waals surface area contributed by atoms with Crippen molar-refractivity contribution in [1.29, 1.82) is 0 Å². The topological polar surface area (TPSA) is 71.0 Å². The van der Waals surface area contributed by atoms with Gasteiger partial charge in [0, 0.05) is 36.7 Å². The number of likely N-dealkylation sites (N-methyl/N-ethyl adjacent to an activating group) is 1. The van der Waals surface area contributed by atoms with Gasteiger partial charge in [0.25, 0.3) is 5.91 Å². The zero-order valence-corrected chi connectivity index (χ0v) is 15.9. The van der Waals surface area contributed by atoms with Gasteiger partial charge in [-0.2, -0.15) is 0 Å². The van der Waals surface area contributed by atoms with Crippen molar-refractivity contribution in [2.24, 2.45) is 0 Å². The molecule has 3 rings (SSSR count). The van der Waals surface area contributed by atoms with Crippen LogP contribution in [0.5, 0.6) is 0 Å². The Bertz CT molecular complexity index is 915. The van der Waals surface area contributed by atoms with E-state index in [1.165, 1.54) is 11.8 Å². The van der Waals surface area contributed by atoms with Gasteiger partial charge in [0.1, 0.15) is 11.5 Å². The molecule has 3 aromatic rings. The number of aromatic nitrogens is 3. The van der Waals surface area contributed by atoms with Crippen molar-refractivity contribution in [1.82, 2.24) is 15.0 Å². The van der Waals surface area contributed by atoms with E-state index in [1.807, 2.05) is 37.1 Å². The molecule has 27 heavy (non-hydrogen) atoms. The van der Waals surface area contributed by atoms with Crippen molar-refractivity contribution < 1.29 is 4.79 Å². The van der Waals surface area contributed by atoms with E-state index in [-0.39, 0.29) is 11.6 Å². The standard InChI is InChI=1S/C20H20ClN5O/c1-14-3-4-16(21)11-17(14)25-20(27)18-12-24-19(13-23-18)26(2)10-7-15-5-8-22-9-6-15/h3-6,8-9,11-13H,7,10H2,1-2H3,(H,25,27). The SMILES string of the molecule is Cc1ccc(Cl)cc1NC(=O)c1cnc(N(C)CCc2ccncc2)cn1. The van der Waals surface area contributed by atoms with E-state index in [0.29, 0.717) is 16.5 Å². The highest BCUT2D eigenvalue weighted by Crippen LogP contribution is 2.20. The van der Waals surface area contributed by atoms with Crippen LogP contribution in [-0.4, -0.2) is 34.5 Å². The van der Waals surface area contributed by atoms with Gasteiger partial charge in [0.15, 0.2) is 0 Å². The normalized spacial score (nSPS) is 10.5. The first kappa shape index (κ1) is 18.8. The number of rotatable bonds is 6. The van der Waals surface area contributed by atoms with Crippen molar-refractivity contribution >= 4 is 29.0 Å². The van der Waals surface area contributed by atoms with Gasteiger partial charge in [0.2, 0.25) is 0 Å². The van der Waals surface area contributed by atoms with Crippen LogP contribution >= 0.6 is 11.6 Å². The second-order valence-corrected chi connectivity index (χ2v) is 6.64. The average molecular weight is 382 g/mol. The van der Waals surface area contributed by atoms with Crippen molar-refractivity contribution in [3.05, 3.63) is 77.0 Å². The van der Waals surface area contributed by atoms with E-state index >= 15 is 0 Å². The summed E-state index contributed by atoms with van der Waals surface area (Å²) in [5.74, 6) is 0.387. The minimum absolute atomic E-state index is 0.251. The third-order valence-corrected chi connectivity index (χ3v) is 4.43. The van der Waals surface area contributed by atoms with Gasteiger partial charge >= 0.3 is 0 Å². The Morgan fingerprint density at radius 3 is 2.63 bits per heavy atom. The third-order valence-electron chi connectivity index (χ3n) is 4.20. The highest BCUT2D eigenvalue weighted by molar-refractivity contribution is 6.31. The fraction of sp³-hybridized carbons (Fsp3) is 0.200. The molecular formula is C20H20ClN5O. The van der Waals surface area contributed by atoms with Crippen LogP contribution in [0.1, 0.15) is 21.6 Å². The van der Waals surface area contributed by atoms with Gasteiger partial charge < -0.3 is 10.2 Å².